The van der Waals surface area contributed by atoms with Gasteiger partial charge in [0.2, 0.25) is 5.89 Å². The lowest BCUT2D eigenvalue weighted by Gasteiger charge is -2.21. The molecule has 1 aliphatic heterocycles. The molecule has 14 heavy (non-hydrogen) atoms. The van der Waals surface area contributed by atoms with E-state index < -0.39 is 0 Å². The Morgan fingerprint density at radius 3 is 3.07 bits per heavy atom. The van der Waals surface area contributed by atoms with Gasteiger partial charge in [0, 0.05) is 13.0 Å². The first kappa shape index (κ1) is 9.68. The van der Waals surface area contributed by atoms with E-state index in [9.17, 15) is 0 Å². The summed E-state index contributed by atoms with van der Waals surface area (Å²) in [5.74, 6) is 1.49. The molecular weight excluding hydrogens is 180 g/mol. The molecule has 1 atom stereocenters. The molecule has 0 radical (unpaired) electrons. The van der Waals surface area contributed by atoms with Crippen molar-refractivity contribution in [3.05, 3.63) is 17.8 Å². The fourth-order valence-electron chi connectivity index (χ4n) is 1.73. The minimum Gasteiger partial charge on any atom is -0.444 e. The molecule has 2 rings (SSSR count). The van der Waals surface area contributed by atoms with E-state index in [1.807, 2.05) is 0 Å². The van der Waals surface area contributed by atoms with Gasteiger partial charge in [0.05, 0.1) is 18.8 Å². The monoisotopic (exact) mass is 196 g/mol. The van der Waals surface area contributed by atoms with E-state index in [2.05, 4.69) is 4.98 Å². The van der Waals surface area contributed by atoms with Gasteiger partial charge in [-0.15, -0.1) is 0 Å². The van der Waals surface area contributed by atoms with E-state index in [0.717, 1.165) is 25.2 Å². The van der Waals surface area contributed by atoms with Gasteiger partial charge in [-0.2, -0.15) is 0 Å². The molecule has 4 heteroatoms. The van der Waals surface area contributed by atoms with Gasteiger partial charge in [-0.25, -0.2) is 4.98 Å². The van der Waals surface area contributed by atoms with Crippen LogP contribution in [0.15, 0.2) is 10.6 Å². The van der Waals surface area contributed by atoms with Crippen LogP contribution >= 0.6 is 0 Å². The predicted octanol–water partition coefficient (Wildman–Crippen LogP) is 1.24. The molecule has 78 valence electrons. The van der Waals surface area contributed by atoms with Gasteiger partial charge in [-0.3, -0.25) is 0 Å². The van der Waals surface area contributed by atoms with Crippen LogP contribution in [0.2, 0.25) is 0 Å². The quantitative estimate of drug-likeness (QED) is 0.790. The highest BCUT2D eigenvalue weighted by atomic mass is 16.5. The summed E-state index contributed by atoms with van der Waals surface area (Å²) in [4.78, 5) is 4.05. The van der Waals surface area contributed by atoms with Crippen molar-refractivity contribution in [2.24, 2.45) is 5.73 Å². The summed E-state index contributed by atoms with van der Waals surface area (Å²) in [6.07, 6.45) is 6.44. The standard InChI is InChI=1S/C10H16N2O2/c11-6-10-12-7-9(14-10)5-8-3-1-2-4-13-8/h7-8H,1-6,11H2. The smallest absolute Gasteiger partial charge is 0.208 e. The summed E-state index contributed by atoms with van der Waals surface area (Å²) in [7, 11) is 0. The fourth-order valence-corrected chi connectivity index (χ4v) is 1.73. The molecule has 2 heterocycles. The lowest BCUT2D eigenvalue weighted by Crippen LogP contribution is -2.21. The maximum atomic E-state index is 5.61. The van der Waals surface area contributed by atoms with Crippen LogP contribution in [0.5, 0.6) is 0 Å². The minimum absolute atomic E-state index is 0.308. The Labute approximate surface area is 83.4 Å². The number of hydrogen-bond acceptors (Lipinski definition) is 4. The fraction of sp³-hybridized carbons (Fsp3) is 0.700. The summed E-state index contributed by atoms with van der Waals surface area (Å²) in [5, 5.41) is 0. The molecule has 0 bridgehead atoms. The van der Waals surface area contributed by atoms with Crippen LogP contribution in [0.1, 0.15) is 30.9 Å². The number of rotatable bonds is 3. The molecule has 0 aromatic carbocycles. The van der Waals surface area contributed by atoms with Gasteiger partial charge in [0.25, 0.3) is 0 Å². The topological polar surface area (TPSA) is 61.3 Å². The average Bonchev–Trinajstić information content (AvgIpc) is 2.67. The van der Waals surface area contributed by atoms with Gasteiger partial charge >= 0.3 is 0 Å². The van der Waals surface area contributed by atoms with E-state index >= 15 is 0 Å². The third-order valence-electron chi connectivity index (χ3n) is 2.48. The largest absolute Gasteiger partial charge is 0.444 e. The molecule has 0 saturated carbocycles. The number of ether oxygens (including phenoxy) is 1. The molecule has 1 aromatic rings. The molecular formula is C10H16N2O2. The van der Waals surface area contributed by atoms with Crippen molar-refractivity contribution in [2.45, 2.75) is 38.3 Å². The molecule has 0 spiro atoms. The zero-order chi connectivity index (χ0) is 9.80. The second-order valence-electron chi connectivity index (χ2n) is 3.62. The molecule has 0 amide bonds. The zero-order valence-corrected chi connectivity index (χ0v) is 8.24. The first-order chi connectivity index (χ1) is 6.88. The lowest BCUT2D eigenvalue weighted by atomic mass is 10.1. The molecule has 1 fully saturated rings. The van der Waals surface area contributed by atoms with Crippen LogP contribution in [0.4, 0.5) is 0 Å². The van der Waals surface area contributed by atoms with Gasteiger partial charge < -0.3 is 14.9 Å². The summed E-state index contributed by atoms with van der Waals surface area (Å²) in [6.45, 7) is 1.24. The Kier molecular flexibility index (Phi) is 3.16. The highest BCUT2D eigenvalue weighted by molar-refractivity contribution is 4.96. The molecule has 0 aliphatic carbocycles. The van der Waals surface area contributed by atoms with Crippen LogP contribution in [-0.4, -0.2) is 17.7 Å². The van der Waals surface area contributed by atoms with Crippen molar-refractivity contribution in [3.63, 3.8) is 0 Å². The second kappa shape index (κ2) is 4.57. The lowest BCUT2D eigenvalue weighted by molar-refractivity contribution is 0.0138. The number of hydrogen-bond donors (Lipinski definition) is 1. The van der Waals surface area contributed by atoms with E-state index in [-0.39, 0.29) is 0 Å². The normalized spacial score (nSPS) is 22.5. The van der Waals surface area contributed by atoms with Crippen molar-refractivity contribution in [2.75, 3.05) is 6.61 Å². The van der Waals surface area contributed by atoms with Crippen LogP contribution in [-0.2, 0) is 17.7 Å². The highest BCUT2D eigenvalue weighted by Gasteiger charge is 2.16. The van der Waals surface area contributed by atoms with Crippen LogP contribution < -0.4 is 5.73 Å². The minimum atomic E-state index is 0.308. The summed E-state index contributed by atoms with van der Waals surface area (Å²) < 4.78 is 11.0. The number of nitrogens with two attached hydrogens (primary N) is 1. The molecule has 2 N–H and O–H groups in total. The molecule has 1 unspecified atom stereocenters. The van der Waals surface area contributed by atoms with Gasteiger partial charge in [-0.05, 0) is 19.3 Å². The van der Waals surface area contributed by atoms with E-state index in [0.29, 0.717) is 18.5 Å². The average molecular weight is 196 g/mol. The molecule has 1 aliphatic rings. The maximum Gasteiger partial charge on any atom is 0.208 e. The zero-order valence-electron chi connectivity index (χ0n) is 8.24. The van der Waals surface area contributed by atoms with E-state index in [1.54, 1.807) is 6.20 Å². The van der Waals surface area contributed by atoms with Gasteiger partial charge in [-0.1, -0.05) is 0 Å². The number of oxazole rings is 1. The Balaban J connectivity index is 1.89. The van der Waals surface area contributed by atoms with E-state index in [1.165, 1.54) is 12.8 Å². The Morgan fingerprint density at radius 2 is 2.43 bits per heavy atom. The highest BCUT2D eigenvalue weighted by Crippen LogP contribution is 2.17. The Bertz CT molecular complexity index is 279. The van der Waals surface area contributed by atoms with Gasteiger partial charge in [0.1, 0.15) is 5.76 Å². The van der Waals surface area contributed by atoms with Crippen LogP contribution in [0, 0.1) is 0 Å². The first-order valence-corrected chi connectivity index (χ1v) is 5.13. The third kappa shape index (κ3) is 2.33. The third-order valence-corrected chi connectivity index (χ3v) is 2.48. The summed E-state index contributed by atoms with van der Waals surface area (Å²) in [5.41, 5.74) is 5.41. The number of nitrogens with zero attached hydrogens (tertiary/aromatic N) is 1. The Morgan fingerprint density at radius 1 is 1.50 bits per heavy atom. The van der Waals surface area contributed by atoms with Crippen molar-refractivity contribution in [1.82, 2.24) is 4.98 Å². The molecule has 1 saturated heterocycles. The van der Waals surface area contributed by atoms with Crippen molar-refractivity contribution < 1.29 is 9.15 Å². The summed E-state index contributed by atoms with van der Waals surface area (Å²) >= 11 is 0. The summed E-state index contributed by atoms with van der Waals surface area (Å²) in [6, 6.07) is 0. The van der Waals surface area contributed by atoms with Crippen molar-refractivity contribution >= 4 is 0 Å². The molecule has 4 nitrogen and oxygen atoms in total. The van der Waals surface area contributed by atoms with Crippen LogP contribution in [0.3, 0.4) is 0 Å². The number of aromatic nitrogens is 1. The predicted molar refractivity (Wildman–Crippen MR) is 51.7 cm³/mol. The Hall–Kier alpha value is -0.870. The van der Waals surface area contributed by atoms with Crippen molar-refractivity contribution in [1.29, 1.82) is 0 Å². The SMILES string of the molecule is NCc1ncc(CC2CCCCO2)o1. The maximum absolute atomic E-state index is 5.61. The van der Waals surface area contributed by atoms with Crippen molar-refractivity contribution in [3.8, 4) is 0 Å². The van der Waals surface area contributed by atoms with Gasteiger partial charge in [0.15, 0.2) is 0 Å². The second-order valence-corrected chi connectivity index (χ2v) is 3.62. The van der Waals surface area contributed by atoms with E-state index in [4.69, 9.17) is 14.9 Å². The first-order valence-electron chi connectivity index (χ1n) is 5.13. The molecule has 1 aromatic heterocycles. The van der Waals surface area contributed by atoms with Crippen LogP contribution in [0.25, 0.3) is 0 Å².